The summed E-state index contributed by atoms with van der Waals surface area (Å²) >= 11 is 0. The normalized spacial score (nSPS) is 11.9. The van der Waals surface area contributed by atoms with Gasteiger partial charge in [-0.25, -0.2) is 4.39 Å². The lowest BCUT2D eigenvalue weighted by Crippen LogP contribution is -2.12. The van der Waals surface area contributed by atoms with Crippen LogP contribution in [0.4, 0.5) is 4.39 Å². The van der Waals surface area contributed by atoms with Gasteiger partial charge in [-0.1, -0.05) is 6.07 Å². The number of pyridine rings is 1. The molecule has 1 heterocycles. The Morgan fingerprint density at radius 2 is 2.11 bits per heavy atom. The predicted molar refractivity (Wildman–Crippen MR) is 69.9 cm³/mol. The van der Waals surface area contributed by atoms with E-state index in [2.05, 4.69) is 4.98 Å². The zero-order valence-electron chi connectivity index (χ0n) is 10.8. The first-order valence-corrected chi connectivity index (χ1v) is 5.92. The Hall–Kier alpha value is -2.23. The quantitative estimate of drug-likeness (QED) is 0.791. The average molecular weight is 259 g/mol. The molecule has 3 nitrogen and oxygen atoms in total. The van der Waals surface area contributed by atoms with Gasteiger partial charge in [0.25, 0.3) is 0 Å². The summed E-state index contributed by atoms with van der Waals surface area (Å²) in [6.07, 6.45) is 1.61. The molecule has 98 valence electrons. The third-order valence-electron chi connectivity index (χ3n) is 2.97. The van der Waals surface area contributed by atoms with Crippen molar-refractivity contribution in [2.24, 2.45) is 0 Å². The molecule has 2 aromatic rings. The topological polar surface area (TPSA) is 39.2 Å². The van der Waals surface area contributed by atoms with Gasteiger partial charge >= 0.3 is 0 Å². The Balaban J connectivity index is 2.29. The van der Waals surface area contributed by atoms with Crippen molar-refractivity contribution in [3.63, 3.8) is 0 Å². The monoisotopic (exact) mass is 259 g/mol. The molecular formula is C15H14FNO2. The van der Waals surface area contributed by atoms with Crippen molar-refractivity contribution in [2.75, 3.05) is 7.11 Å². The lowest BCUT2D eigenvalue weighted by atomic mass is 9.95. The third-order valence-corrected chi connectivity index (χ3v) is 2.97. The minimum Gasteiger partial charge on any atom is -0.497 e. The summed E-state index contributed by atoms with van der Waals surface area (Å²) in [4.78, 5) is 16.4. The molecule has 0 aliphatic heterocycles. The Morgan fingerprint density at radius 3 is 2.68 bits per heavy atom. The number of rotatable bonds is 4. The van der Waals surface area contributed by atoms with Crippen LogP contribution in [0.25, 0.3) is 0 Å². The number of carbonyl (C=O) groups excluding carboxylic acids is 1. The second-order valence-corrected chi connectivity index (χ2v) is 4.19. The number of Topliss-reactive ketones (excluding diaryl/α,β-unsaturated/α-hetero) is 1. The van der Waals surface area contributed by atoms with Gasteiger partial charge in [0.2, 0.25) is 0 Å². The number of ether oxygens (including phenoxy) is 1. The zero-order chi connectivity index (χ0) is 13.8. The first-order valence-electron chi connectivity index (χ1n) is 5.92. The van der Waals surface area contributed by atoms with Gasteiger partial charge in [-0.05, 0) is 31.2 Å². The first kappa shape index (κ1) is 13.2. The molecule has 0 N–H and O–H groups in total. The number of ketones is 1. The van der Waals surface area contributed by atoms with E-state index in [9.17, 15) is 9.18 Å². The van der Waals surface area contributed by atoms with Gasteiger partial charge in [0.05, 0.1) is 24.3 Å². The van der Waals surface area contributed by atoms with E-state index < -0.39 is 11.7 Å². The molecule has 19 heavy (non-hydrogen) atoms. The van der Waals surface area contributed by atoms with Crippen molar-refractivity contribution in [3.05, 3.63) is 59.7 Å². The van der Waals surface area contributed by atoms with Crippen LogP contribution in [0.15, 0.2) is 42.6 Å². The van der Waals surface area contributed by atoms with E-state index in [1.807, 2.05) is 0 Å². The molecule has 4 heteroatoms. The van der Waals surface area contributed by atoms with Crippen molar-refractivity contribution < 1.29 is 13.9 Å². The second-order valence-electron chi connectivity index (χ2n) is 4.19. The van der Waals surface area contributed by atoms with Crippen LogP contribution in [0, 0.1) is 5.82 Å². The fourth-order valence-corrected chi connectivity index (χ4v) is 1.82. The molecule has 0 aliphatic rings. The van der Waals surface area contributed by atoms with E-state index in [4.69, 9.17) is 4.74 Å². The molecule has 0 fully saturated rings. The zero-order valence-corrected chi connectivity index (χ0v) is 10.8. The van der Waals surface area contributed by atoms with Crippen molar-refractivity contribution in [2.45, 2.75) is 12.8 Å². The summed E-state index contributed by atoms with van der Waals surface area (Å²) in [7, 11) is 1.45. The molecule has 1 aromatic carbocycles. The maximum absolute atomic E-state index is 13.8. The smallest absolute Gasteiger partial charge is 0.174 e. The standard InChI is InChI=1S/C15H14FNO2/c1-10(14-5-3-4-8-17-14)15(18)12-7-6-11(19-2)9-13(12)16/h3-10H,1-2H3. The minimum absolute atomic E-state index is 0.0546. The van der Waals surface area contributed by atoms with E-state index in [1.54, 1.807) is 37.4 Å². The van der Waals surface area contributed by atoms with Crippen molar-refractivity contribution in [1.29, 1.82) is 0 Å². The SMILES string of the molecule is COc1ccc(C(=O)C(C)c2ccccn2)c(F)c1. The van der Waals surface area contributed by atoms with Crippen LogP contribution in [0.1, 0.15) is 28.9 Å². The number of aromatic nitrogens is 1. The molecule has 1 atom stereocenters. The number of hydrogen-bond donors (Lipinski definition) is 0. The van der Waals surface area contributed by atoms with Gasteiger partial charge in [-0.15, -0.1) is 0 Å². The van der Waals surface area contributed by atoms with Gasteiger partial charge in [-0.3, -0.25) is 9.78 Å². The Labute approximate surface area is 111 Å². The molecule has 0 radical (unpaired) electrons. The van der Waals surface area contributed by atoms with Gasteiger partial charge in [0.1, 0.15) is 11.6 Å². The van der Waals surface area contributed by atoms with Gasteiger partial charge in [0.15, 0.2) is 5.78 Å². The van der Waals surface area contributed by atoms with Crippen LogP contribution in [0.3, 0.4) is 0 Å². The summed E-state index contributed by atoms with van der Waals surface area (Å²) in [5.74, 6) is -0.963. The summed E-state index contributed by atoms with van der Waals surface area (Å²) in [5.41, 5.74) is 0.682. The average Bonchev–Trinajstić information content (AvgIpc) is 2.46. The molecule has 2 rings (SSSR count). The van der Waals surface area contributed by atoms with E-state index >= 15 is 0 Å². The fraction of sp³-hybridized carbons (Fsp3) is 0.200. The Morgan fingerprint density at radius 1 is 1.32 bits per heavy atom. The van der Waals surface area contributed by atoms with Crippen molar-refractivity contribution >= 4 is 5.78 Å². The van der Waals surface area contributed by atoms with E-state index in [1.165, 1.54) is 19.2 Å². The predicted octanol–water partition coefficient (Wildman–Crippen LogP) is 3.22. The second kappa shape index (κ2) is 5.61. The molecule has 0 saturated heterocycles. The van der Waals surface area contributed by atoms with Gasteiger partial charge in [0, 0.05) is 12.3 Å². The lowest BCUT2D eigenvalue weighted by Gasteiger charge is -2.11. The molecule has 0 saturated carbocycles. The maximum atomic E-state index is 13.8. The highest BCUT2D eigenvalue weighted by Gasteiger charge is 2.21. The maximum Gasteiger partial charge on any atom is 0.174 e. The van der Waals surface area contributed by atoms with Crippen LogP contribution in [0.5, 0.6) is 5.75 Å². The first-order chi connectivity index (χ1) is 9.13. The number of carbonyl (C=O) groups is 1. The molecule has 0 amide bonds. The summed E-state index contributed by atoms with van der Waals surface area (Å²) in [5, 5.41) is 0. The van der Waals surface area contributed by atoms with Crippen LogP contribution in [-0.2, 0) is 0 Å². The fourth-order valence-electron chi connectivity index (χ4n) is 1.82. The van der Waals surface area contributed by atoms with Crippen LogP contribution in [0.2, 0.25) is 0 Å². The number of methoxy groups -OCH3 is 1. The number of hydrogen-bond acceptors (Lipinski definition) is 3. The summed E-state index contributed by atoms with van der Waals surface area (Å²) in [6.45, 7) is 1.72. The number of halogens is 1. The lowest BCUT2D eigenvalue weighted by molar-refractivity contribution is 0.0960. The van der Waals surface area contributed by atoms with Crippen LogP contribution in [-0.4, -0.2) is 17.9 Å². The van der Waals surface area contributed by atoms with Crippen LogP contribution >= 0.6 is 0 Å². The highest BCUT2D eigenvalue weighted by molar-refractivity contribution is 6.00. The molecular weight excluding hydrogens is 245 g/mol. The summed E-state index contributed by atoms with van der Waals surface area (Å²) in [6, 6.07) is 9.55. The van der Waals surface area contributed by atoms with E-state index in [0.717, 1.165) is 0 Å². The van der Waals surface area contributed by atoms with E-state index in [0.29, 0.717) is 11.4 Å². The van der Waals surface area contributed by atoms with Gasteiger partial charge < -0.3 is 4.74 Å². The highest BCUT2D eigenvalue weighted by atomic mass is 19.1. The van der Waals surface area contributed by atoms with E-state index in [-0.39, 0.29) is 11.3 Å². The van der Waals surface area contributed by atoms with Crippen molar-refractivity contribution in [3.8, 4) is 5.75 Å². The third kappa shape index (κ3) is 2.78. The molecule has 0 aliphatic carbocycles. The summed E-state index contributed by atoms with van der Waals surface area (Å²) < 4.78 is 18.8. The molecule has 1 unspecified atom stereocenters. The van der Waals surface area contributed by atoms with Gasteiger partial charge in [-0.2, -0.15) is 0 Å². The Bertz CT molecular complexity index is 584. The van der Waals surface area contributed by atoms with Crippen molar-refractivity contribution in [1.82, 2.24) is 4.98 Å². The van der Waals surface area contributed by atoms with Crippen LogP contribution < -0.4 is 4.74 Å². The number of nitrogens with zero attached hydrogens (tertiary/aromatic N) is 1. The number of benzene rings is 1. The minimum atomic E-state index is -0.577. The largest absolute Gasteiger partial charge is 0.497 e. The molecule has 0 spiro atoms. The molecule has 1 aromatic heterocycles. The Kier molecular flexibility index (Phi) is 3.90. The highest BCUT2D eigenvalue weighted by Crippen LogP contribution is 2.23. The molecule has 0 bridgehead atoms.